The predicted molar refractivity (Wildman–Crippen MR) is 189 cm³/mol. The number of anilines is 1. The van der Waals surface area contributed by atoms with Crippen molar-refractivity contribution < 1.29 is 32.3 Å². The lowest BCUT2D eigenvalue weighted by atomic mass is 9.96. The second-order valence-electron chi connectivity index (χ2n) is 12.6. The minimum absolute atomic E-state index is 0.0394. The average Bonchev–Trinajstić information content (AvgIpc) is 3.52. The van der Waals surface area contributed by atoms with Crippen LogP contribution in [0.3, 0.4) is 0 Å². The third-order valence-electron chi connectivity index (χ3n) is 8.84. The number of carbonyl (C=O) groups excluding carboxylic acids is 4. The van der Waals surface area contributed by atoms with Gasteiger partial charge in [0.2, 0.25) is 15.9 Å². The molecule has 3 N–H and O–H groups in total. The normalized spacial score (nSPS) is 17.9. The van der Waals surface area contributed by atoms with Gasteiger partial charge >= 0.3 is 0 Å². The molecule has 5 rings (SSSR count). The van der Waals surface area contributed by atoms with Gasteiger partial charge in [-0.3, -0.25) is 19.2 Å². The molecule has 0 aromatic heterocycles. The Kier molecular flexibility index (Phi) is 12.3. The van der Waals surface area contributed by atoms with Crippen LogP contribution in [0, 0.1) is 5.92 Å². The summed E-state index contributed by atoms with van der Waals surface area (Å²) in [5.74, 6) is -1.56. The van der Waals surface area contributed by atoms with Crippen molar-refractivity contribution in [3.63, 3.8) is 0 Å². The monoisotopic (exact) mass is 701 g/mol. The van der Waals surface area contributed by atoms with Crippen molar-refractivity contribution in [3.8, 4) is 0 Å². The maximum absolute atomic E-state index is 13.5. The van der Waals surface area contributed by atoms with Crippen LogP contribution in [0.4, 0.5) is 5.69 Å². The number of amides is 3. The quantitative estimate of drug-likeness (QED) is 0.217. The first-order valence-corrected chi connectivity index (χ1v) is 18.1. The number of nitrogens with zero attached hydrogens (tertiary/aromatic N) is 2. The van der Waals surface area contributed by atoms with Gasteiger partial charge in [-0.25, -0.2) is 8.42 Å². The predicted octanol–water partition coefficient (Wildman–Crippen LogP) is 3.23. The molecule has 0 aliphatic carbocycles. The fourth-order valence-corrected chi connectivity index (χ4v) is 7.28. The number of benzene rings is 3. The van der Waals surface area contributed by atoms with E-state index >= 15 is 0 Å². The van der Waals surface area contributed by atoms with Gasteiger partial charge in [0.15, 0.2) is 5.78 Å². The first-order valence-electron chi connectivity index (χ1n) is 16.6. The number of piperazine rings is 1. The number of carbonyl (C=O) groups is 4. The third-order valence-corrected chi connectivity index (χ3v) is 10.8. The number of hydrogen-bond donors (Lipinski definition) is 3. The number of nitrogens with one attached hydrogen (secondary N) is 3. The van der Waals surface area contributed by atoms with Crippen LogP contribution in [0.5, 0.6) is 0 Å². The highest BCUT2D eigenvalue weighted by Crippen LogP contribution is 2.21. The minimum atomic E-state index is -3.67. The first kappa shape index (κ1) is 36.6. The highest BCUT2D eigenvalue weighted by Gasteiger charge is 2.29. The van der Waals surface area contributed by atoms with E-state index in [9.17, 15) is 27.6 Å². The number of likely N-dealkylation sites (N-methyl/N-ethyl adjacent to an activating group) is 1. The molecule has 2 fully saturated rings. The SMILES string of the molecule is CC(=O)/C(=C\[C@H](CC1CCNC1=O)NC(=O)c1cccc(NC(=O)c2ccc(S(=O)(=O)N3CCN(C)CC3)cc2)c1)COCc1ccccc1. The van der Waals surface area contributed by atoms with Gasteiger partial charge in [0.25, 0.3) is 11.8 Å². The van der Waals surface area contributed by atoms with Gasteiger partial charge in [0.05, 0.1) is 18.1 Å². The molecule has 2 saturated heterocycles. The number of rotatable bonds is 14. The molecule has 0 bridgehead atoms. The number of Topliss-reactive ketones (excluding diaryl/α,β-unsaturated/α-hetero) is 1. The van der Waals surface area contributed by atoms with Gasteiger partial charge in [-0.15, -0.1) is 0 Å². The van der Waals surface area contributed by atoms with Crippen LogP contribution in [-0.2, 0) is 31.0 Å². The van der Waals surface area contributed by atoms with Crippen molar-refractivity contribution in [3.05, 3.63) is 107 Å². The van der Waals surface area contributed by atoms with E-state index in [0.717, 1.165) is 5.56 Å². The maximum Gasteiger partial charge on any atom is 0.255 e. The molecule has 3 amide bonds. The molecule has 0 radical (unpaired) electrons. The summed E-state index contributed by atoms with van der Waals surface area (Å²) < 4.78 is 33.4. The lowest BCUT2D eigenvalue weighted by Gasteiger charge is -2.31. The zero-order chi connectivity index (χ0) is 35.7. The van der Waals surface area contributed by atoms with Crippen LogP contribution >= 0.6 is 0 Å². The molecular formula is C37H43N5O7S. The van der Waals surface area contributed by atoms with E-state index in [4.69, 9.17) is 4.74 Å². The van der Waals surface area contributed by atoms with Gasteiger partial charge in [-0.1, -0.05) is 42.5 Å². The van der Waals surface area contributed by atoms with Gasteiger partial charge < -0.3 is 25.6 Å². The van der Waals surface area contributed by atoms with Crippen LogP contribution < -0.4 is 16.0 Å². The Hall–Kier alpha value is -4.69. The number of sulfonamides is 1. The van der Waals surface area contributed by atoms with Crippen molar-refractivity contribution in [1.29, 1.82) is 0 Å². The van der Waals surface area contributed by atoms with Gasteiger partial charge in [-0.2, -0.15) is 4.31 Å². The van der Waals surface area contributed by atoms with E-state index in [1.54, 1.807) is 24.3 Å². The molecule has 3 aromatic carbocycles. The van der Waals surface area contributed by atoms with Crippen molar-refractivity contribution in [1.82, 2.24) is 19.8 Å². The van der Waals surface area contributed by atoms with E-state index in [2.05, 4.69) is 20.9 Å². The molecule has 0 saturated carbocycles. The molecule has 13 heteroatoms. The summed E-state index contributed by atoms with van der Waals surface area (Å²) in [4.78, 5) is 53.8. The van der Waals surface area contributed by atoms with Crippen molar-refractivity contribution in [2.24, 2.45) is 5.92 Å². The van der Waals surface area contributed by atoms with Crippen molar-refractivity contribution in [2.75, 3.05) is 51.7 Å². The first-order chi connectivity index (χ1) is 24.0. The van der Waals surface area contributed by atoms with Gasteiger partial charge in [-0.05, 0) is 74.8 Å². The Morgan fingerprint density at radius 3 is 2.32 bits per heavy atom. The van der Waals surface area contributed by atoms with E-state index in [-0.39, 0.29) is 40.2 Å². The summed E-state index contributed by atoms with van der Waals surface area (Å²) >= 11 is 0. The zero-order valence-corrected chi connectivity index (χ0v) is 29.1. The summed E-state index contributed by atoms with van der Waals surface area (Å²) in [5, 5.41) is 8.54. The Morgan fingerprint density at radius 1 is 0.940 bits per heavy atom. The smallest absolute Gasteiger partial charge is 0.255 e. The van der Waals surface area contributed by atoms with E-state index in [1.165, 1.54) is 41.6 Å². The molecular weight excluding hydrogens is 659 g/mol. The average molecular weight is 702 g/mol. The van der Waals surface area contributed by atoms with Crippen LogP contribution in [0.25, 0.3) is 0 Å². The van der Waals surface area contributed by atoms with Crippen molar-refractivity contribution >= 4 is 39.2 Å². The molecule has 50 heavy (non-hydrogen) atoms. The van der Waals surface area contributed by atoms with Crippen LogP contribution in [0.2, 0.25) is 0 Å². The minimum Gasteiger partial charge on any atom is -0.372 e. The lowest BCUT2D eigenvalue weighted by molar-refractivity contribution is -0.122. The highest BCUT2D eigenvalue weighted by atomic mass is 32.2. The molecule has 2 atom stereocenters. The van der Waals surface area contributed by atoms with E-state index < -0.39 is 27.9 Å². The second kappa shape index (κ2) is 16.8. The Morgan fingerprint density at radius 2 is 1.66 bits per heavy atom. The Labute approximate surface area is 292 Å². The highest BCUT2D eigenvalue weighted by molar-refractivity contribution is 7.89. The summed E-state index contributed by atoms with van der Waals surface area (Å²) in [6, 6.07) is 21.1. The van der Waals surface area contributed by atoms with Crippen LogP contribution in [-0.4, -0.2) is 93.5 Å². The van der Waals surface area contributed by atoms with Crippen LogP contribution in [0.1, 0.15) is 46.0 Å². The second-order valence-corrected chi connectivity index (χ2v) is 14.5. The maximum atomic E-state index is 13.5. The fraction of sp³-hybridized carbons (Fsp3) is 0.351. The molecule has 12 nitrogen and oxygen atoms in total. The van der Waals surface area contributed by atoms with Crippen molar-refractivity contribution in [2.45, 2.75) is 37.3 Å². The summed E-state index contributed by atoms with van der Waals surface area (Å²) in [6.07, 6.45) is 2.57. The van der Waals surface area contributed by atoms with Gasteiger partial charge in [0.1, 0.15) is 0 Å². The van der Waals surface area contributed by atoms with Crippen LogP contribution in [0.15, 0.2) is 95.4 Å². The third kappa shape index (κ3) is 9.72. The Balaban J connectivity index is 1.25. The molecule has 264 valence electrons. The largest absolute Gasteiger partial charge is 0.372 e. The summed E-state index contributed by atoms with van der Waals surface area (Å²) in [7, 11) is -1.73. The summed E-state index contributed by atoms with van der Waals surface area (Å²) in [5.41, 5.74) is 2.21. The van der Waals surface area contributed by atoms with Gasteiger partial charge in [0, 0.05) is 67.1 Å². The molecule has 2 heterocycles. The number of ketones is 1. The molecule has 1 unspecified atom stereocenters. The fourth-order valence-electron chi connectivity index (χ4n) is 5.86. The number of hydrogen-bond acceptors (Lipinski definition) is 8. The molecule has 3 aromatic rings. The summed E-state index contributed by atoms with van der Waals surface area (Å²) in [6.45, 7) is 4.43. The standard InChI is InChI=1S/C37H43N5O7S/c1-26(43)31(25-49-24-27-7-4-3-5-8-27)23-33(22-30-15-16-38-35(30)44)40-37(46)29-9-6-10-32(21-29)39-36(45)28-11-13-34(14-12-28)50(47,48)42-19-17-41(2)18-20-42/h3-14,21,23,30,33H,15-20,22,24-25H2,1-2H3,(H,38,44)(H,39,45)(H,40,46)/b31-23-/t30?,33-/m0/s1. The Bertz CT molecular complexity index is 1820. The zero-order valence-electron chi connectivity index (χ0n) is 28.3. The molecule has 0 spiro atoms. The molecule has 2 aliphatic rings. The lowest BCUT2D eigenvalue weighted by Crippen LogP contribution is -2.47. The van der Waals surface area contributed by atoms with E-state index in [0.29, 0.717) is 63.4 Å². The topological polar surface area (TPSA) is 154 Å². The molecule has 2 aliphatic heterocycles. The van der Waals surface area contributed by atoms with E-state index in [1.807, 2.05) is 37.4 Å². The number of ether oxygens (including phenoxy) is 1.